The average molecular weight is 371 g/mol. The van der Waals surface area contributed by atoms with Gasteiger partial charge in [-0.15, -0.1) is 0 Å². The summed E-state index contributed by atoms with van der Waals surface area (Å²) < 4.78 is 1.91. The first-order valence-corrected chi connectivity index (χ1v) is 6.63. The Morgan fingerprint density at radius 1 is 0.737 bits per heavy atom. The van der Waals surface area contributed by atoms with Gasteiger partial charge in [0, 0.05) is 18.6 Å². The molecule has 0 atom stereocenters. The standard InChI is InChI=1S/2C6H9N2.3V/c2*1-4-7-6(3)8-5-2;;;/h2*1-3H3;;;/q2*-1;;;. The van der Waals surface area contributed by atoms with Crippen LogP contribution in [0.4, 0.5) is 0 Å². The largest absolute Gasteiger partial charge is 0 e. The maximum Gasteiger partial charge on any atom is 0 e. The Hall–Kier alpha value is 0.173. The number of nitrogens with zero attached hydrogens (tertiary/aromatic N) is 4. The fourth-order valence-corrected chi connectivity index (χ4v) is 1.29. The third kappa shape index (κ3) is 23.7. The molecule has 4 nitrogen and oxygen atoms in total. The van der Waals surface area contributed by atoms with Crippen molar-refractivity contribution >= 4 is 32.8 Å². The Kier molecular flexibility index (Phi) is 20.7. The Labute approximate surface area is 146 Å². The van der Waals surface area contributed by atoms with Crippen molar-refractivity contribution in [1.29, 1.82) is 0 Å². The van der Waals surface area contributed by atoms with Gasteiger partial charge in [0.15, 0.2) is 0 Å². The molecular formula is C12H18N4V3-2. The predicted octanol–water partition coefficient (Wildman–Crippen LogP) is 2.14. The summed E-state index contributed by atoms with van der Waals surface area (Å²) in [5.74, 6) is 1.49. The van der Waals surface area contributed by atoms with E-state index in [1.165, 1.54) is 0 Å². The molecule has 0 aliphatic rings. The van der Waals surface area contributed by atoms with E-state index < -0.39 is 0 Å². The van der Waals surface area contributed by atoms with Gasteiger partial charge >= 0.3 is 128 Å². The second-order valence-corrected chi connectivity index (χ2v) is 5.10. The van der Waals surface area contributed by atoms with Gasteiger partial charge in [-0.1, -0.05) is 0 Å². The van der Waals surface area contributed by atoms with E-state index >= 15 is 0 Å². The van der Waals surface area contributed by atoms with Gasteiger partial charge < -0.3 is 0 Å². The SMILES string of the molecule is C[C-]=NC(C)=N[C](C)=[V].C[C-]=NC(C)=N[C](C)=[V].[V]. The third-order valence-corrected chi connectivity index (χ3v) is 1.51. The molecule has 0 aromatic rings. The Balaban J connectivity index is -0.000000256. The summed E-state index contributed by atoms with van der Waals surface area (Å²) in [5.41, 5.74) is 0. The molecule has 0 aliphatic carbocycles. The van der Waals surface area contributed by atoms with Crippen LogP contribution in [0.15, 0.2) is 20.0 Å². The quantitative estimate of drug-likeness (QED) is 0.406. The minimum Gasteiger partial charge on any atom is 0 e. The zero-order valence-electron chi connectivity index (χ0n) is 12.1. The van der Waals surface area contributed by atoms with Crippen LogP contribution in [0.5, 0.6) is 0 Å². The van der Waals surface area contributed by atoms with Gasteiger partial charge in [-0.3, -0.25) is 0 Å². The second-order valence-electron chi connectivity index (χ2n) is 3.08. The molecule has 1 radical (unpaired) electrons. The minimum atomic E-state index is 0. The molecule has 7 heteroatoms. The first-order chi connectivity index (χ1) is 8.33. The van der Waals surface area contributed by atoms with Gasteiger partial charge in [-0.2, -0.15) is 0 Å². The number of aliphatic imine (C=N–C) groups is 4. The van der Waals surface area contributed by atoms with Crippen molar-refractivity contribution < 1.29 is 52.5 Å². The Bertz CT molecular complexity index is 358. The van der Waals surface area contributed by atoms with Crippen LogP contribution < -0.4 is 0 Å². The smallest absolute Gasteiger partial charge is 0 e. The number of amidine groups is 2. The molecule has 0 aliphatic heterocycles. The van der Waals surface area contributed by atoms with Crippen LogP contribution in [-0.2, 0) is 52.5 Å². The predicted molar refractivity (Wildman–Crippen MR) is 73.8 cm³/mol. The molecule has 0 rings (SSSR count). The zero-order valence-corrected chi connectivity index (χ0v) is 16.3. The van der Waals surface area contributed by atoms with E-state index in [1.807, 2.05) is 27.7 Å². The van der Waals surface area contributed by atoms with E-state index in [-0.39, 0.29) is 18.6 Å². The third-order valence-electron chi connectivity index (χ3n) is 1.19. The van der Waals surface area contributed by atoms with Crippen molar-refractivity contribution in [3.8, 4) is 0 Å². The second kappa shape index (κ2) is 16.2. The van der Waals surface area contributed by atoms with Crippen LogP contribution in [0.3, 0.4) is 0 Å². The molecule has 0 aromatic heterocycles. The Morgan fingerprint density at radius 2 is 1.00 bits per heavy atom. The maximum atomic E-state index is 4.04. The fourth-order valence-electron chi connectivity index (χ4n) is 0.842. The summed E-state index contributed by atoms with van der Waals surface area (Å²) in [7, 11) is 0. The first-order valence-electron chi connectivity index (χ1n) is 5.24. The molecule has 0 aromatic carbocycles. The summed E-state index contributed by atoms with van der Waals surface area (Å²) >= 11 is 4.71. The van der Waals surface area contributed by atoms with Crippen LogP contribution in [0, 0.1) is 0 Å². The number of hydrogen-bond acceptors (Lipinski definition) is 2. The molecule has 0 N–H and O–H groups in total. The maximum absolute atomic E-state index is 4.04. The topological polar surface area (TPSA) is 49.4 Å². The average Bonchev–Trinajstić information content (AvgIpc) is 2.16. The molecule has 19 heavy (non-hydrogen) atoms. The van der Waals surface area contributed by atoms with Gasteiger partial charge in [-0.25, -0.2) is 0 Å². The van der Waals surface area contributed by atoms with E-state index in [1.54, 1.807) is 13.8 Å². The molecule has 0 bridgehead atoms. The van der Waals surface area contributed by atoms with E-state index in [4.69, 9.17) is 0 Å². The molecule has 0 unspecified atom stereocenters. The van der Waals surface area contributed by atoms with Crippen molar-refractivity contribution in [1.82, 2.24) is 0 Å². The van der Waals surface area contributed by atoms with Crippen molar-refractivity contribution in [3.63, 3.8) is 0 Å². The van der Waals surface area contributed by atoms with E-state index in [9.17, 15) is 0 Å². The minimum absolute atomic E-state index is 0. The molecule has 0 fully saturated rings. The van der Waals surface area contributed by atoms with Gasteiger partial charge in [-0.05, 0) is 0 Å². The molecule has 0 amide bonds. The summed E-state index contributed by atoms with van der Waals surface area (Å²) in [5, 5.41) is 0. The molecule has 0 saturated carbocycles. The van der Waals surface area contributed by atoms with Crippen LogP contribution in [-0.4, -0.2) is 32.8 Å². The van der Waals surface area contributed by atoms with Crippen molar-refractivity contribution in [3.05, 3.63) is 0 Å². The van der Waals surface area contributed by atoms with E-state index in [0.29, 0.717) is 0 Å². The van der Waals surface area contributed by atoms with Gasteiger partial charge in [0.25, 0.3) is 0 Å². The van der Waals surface area contributed by atoms with Crippen LogP contribution in [0.2, 0.25) is 0 Å². The van der Waals surface area contributed by atoms with Gasteiger partial charge in [0.1, 0.15) is 0 Å². The summed E-state index contributed by atoms with van der Waals surface area (Å²) in [4.78, 5) is 15.8. The van der Waals surface area contributed by atoms with Crippen molar-refractivity contribution in [2.75, 3.05) is 0 Å². The van der Waals surface area contributed by atoms with Gasteiger partial charge in [0.2, 0.25) is 0 Å². The molecule has 0 saturated heterocycles. The summed E-state index contributed by atoms with van der Waals surface area (Å²) in [6.07, 6.45) is 5.29. The van der Waals surface area contributed by atoms with Crippen LogP contribution in [0.1, 0.15) is 41.5 Å². The van der Waals surface area contributed by atoms with Crippen molar-refractivity contribution in [2.45, 2.75) is 41.5 Å². The van der Waals surface area contributed by atoms with Crippen LogP contribution in [0.25, 0.3) is 0 Å². The number of hydrogen-bond donors (Lipinski definition) is 0. The van der Waals surface area contributed by atoms with E-state index in [0.717, 1.165) is 20.4 Å². The van der Waals surface area contributed by atoms with Gasteiger partial charge in [0.05, 0.1) is 0 Å². The summed E-state index contributed by atoms with van der Waals surface area (Å²) in [6.45, 7) is 11.0. The monoisotopic (exact) mass is 371 g/mol. The zero-order chi connectivity index (χ0) is 14.6. The van der Waals surface area contributed by atoms with E-state index in [2.05, 4.69) is 66.4 Å². The van der Waals surface area contributed by atoms with Crippen LogP contribution >= 0.6 is 0 Å². The Morgan fingerprint density at radius 3 is 1.16 bits per heavy atom. The fraction of sp³-hybridized carbons (Fsp3) is 0.500. The molecule has 0 spiro atoms. The molecular weight excluding hydrogens is 353 g/mol. The molecule has 0 heterocycles. The van der Waals surface area contributed by atoms with Crippen molar-refractivity contribution in [2.24, 2.45) is 20.0 Å². The normalized spacial score (nSPS) is 11.8. The summed E-state index contributed by atoms with van der Waals surface area (Å²) in [6, 6.07) is 0. The number of rotatable bonds is 2. The molecule has 103 valence electrons. The first kappa shape index (κ1) is 24.2.